The average molecular weight is 290 g/mol. The van der Waals surface area contributed by atoms with Gasteiger partial charge in [0.05, 0.1) is 11.1 Å². The zero-order chi connectivity index (χ0) is 13.3. The molecule has 100 valence electrons. The topological polar surface area (TPSA) is 41.5 Å². The molecule has 3 nitrogen and oxygen atoms in total. The average Bonchev–Trinajstić information content (AvgIpc) is 2.63. The van der Waals surface area contributed by atoms with E-state index in [1.165, 1.54) is 6.07 Å². The smallest absolute Gasteiger partial charge is 0.138 e. The molecule has 0 spiro atoms. The van der Waals surface area contributed by atoms with Gasteiger partial charge in [-0.1, -0.05) is 23.2 Å². The van der Waals surface area contributed by atoms with Gasteiger partial charge in [-0.15, -0.1) is 0 Å². The first-order valence-electron chi connectivity index (χ1n) is 5.96. The van der Waals surface area contributed by atoms with E-state index in [4.69, 9.17) is 27.9 Å². The Kier molecular flexibility index (Phi) is 4.07. The number of phenolic OH excluding ortho intramolecular Hbond substituents is 1. The van der Waals surface area contributed by atoms with E-state index < -0.39 is 0 Å². The molecule has 1 heterocycles. The molecule has 5 heteroatoms. The predicted molar refractivity (Wildman–Crippen MR) is 73.4 cm³/mol. The Morgan fingerprint density at radius 2 is 2.22 bits per heavy atom. The first-order valence-corrected chi connectivity index (χ1v) is 6.71. The van der Waals surface area contributed by atoms with Crippen molar-refractivity contribution in [2.24, 2.45) is 0 Å². The minimum Gasteiger partial charge on any atom is -0.506 e. The maximum Gasteiger partial charge on any atom is 0.138 e. The fourth-order valence-corrected chi connectivity index (χ4v) is 2.65. The molecule has 1 aromatic carbocycles. The number of phenols is 1. The number of ether oxygens (including phenoxy) is 1. The van der Waals surface area contributed by atoms with Gasteiger partial charge in [0, 0.05) is 29.3 Å². The molecule has 0 amide bonds. The van der Waals surface area contributed by atoms with E-state index in [1.807, 2.05) is 6.92 Å². The molecule has 2 N–H and O–H groups in total. The van der Waals surface area contributed by atoms with E-state index in [0.717, 1.165) is 13.0 Å². The van der Waals surface area contributed by atoms with Gasteiger partial charge in [-0.3, -0.25) is 0 Å². The summed E-state index contributed by atoms with van der Waals surface area (Å²) in [6, 6.07) is 3.25. The summed E-state index contributed by atoms with van der Waals surface area (Å²) >= 11 is 11.8. The predicted octanol–water partition coefficient (Wildman–Crippen LogP) is 3.36. The van der Waals surface area contributed by atoms with Crippen molar-refractivity contribution in [3.05, 3.63) is 27.7 Å². The van der Waals surface area contributed by atoms with Gasteiger partial charge in [-0.25, -0.2) is 0 Å². The zero-order valence-electron chi connectivity index (χ0n) is 10.5. The lowest BCUT2D eigenvalue weighted by molar-refractivity contribution is 0.0880. The number of rotatable bonds is 3. The lowest BCUT2D eigenvalue weighted by atomic mass is 9.94. The number of hydrogen-bond donors (Lipinski definition) is 2. The number of hydrogen-bond acceptors (Lipinski definition) is 3. The van der Waals surface area contributed by atoms with E-state index in [-0.39, 0.29) is 22.4 Å². The van der Waals surface area contributed by atoms with Crippen molar-refractivity contribution >= 4 is 23.2 Å². The van der Waals surface area contributed by atoms with Crippen molar-refractivity contribution in [1.29, 1.82) is 0 Å². The van der Waals surface area contributed by atoms with Crippen LogP contribution >= 0.6 is 23.2 Å². The van der Waals surface area contributed by atoms with Gasteiger partial charge in [0.1, 0.15) is 5.75 Å². The quantitative estimate of drug-likeness (QED) is 0.897. The van der Waals surface area contributed by atoms with Crippen molar-refractivity contribution in [1.82, 2.24) is 5.32 Å². The summed E-state index contributed by atoms with van der Waals surface area (Å²) in [5.74, 6) is 0.0868. The summed E-state index contributed by atoms with van der Waals surface area (Å²) in [5.41, 5.74) is 0.620. The highest BCUT2D eigenvalue weighted by molar-refractivity contribution is 6.35. The van der Waals surface area contributed by atoms with E-state index in [9.17, 15) is 5.11 Å². The molecule has 1 aliphatic heterocycles. The van der Waals surface area contributed by atoms with E-state index >= 15 is 0 Å². The highest BCUT2D eigenvalue weighted by Crippen LogP contribution is 2.32. The normalized spacial score (nSPS) is 27.7. The SMILES string of the molecule is CC1OCCC1(C)NCc1cc(Cl)cc(Cl)c1O. The molecule has 1 saturated heterocycles. The van der Waals surface area contributed by atoms with Gasteiger partial charge in [0.15, 0.2) is 0 Å². The molecular formula is C13H17Cl2NO2. The number of benzene rings is 1. The van der Waals surface area contributed by atoms with Gasteiger partial charge < -0.3 is 15.2 Å². The Labute approximate surface area is 117 Å². The van der Waals surface area contributed by atoms with E-state index in [1.54, 1.807) is 6.07 Å². The fourth-order valence-electron chi connectivity index (χ4n) is 2.12. The minimum absolute atomic E-state index is 0.0821. The summed E-state index contributed by atoms with van der Waals surface area (Å²) in [6.07, 6.45) is 1.10. The van der Waals surface area contributed by atoms with Crippen LogP contribution in [-0.2, 0) is 11.3 Å². The zero-order valence-corrected chi connectivity index (χ0v) is 12.0. The van der Waals surface area contributed by atoms with Gasteiger partial charge in [-0.2, -0.15) is 0 Å². The second-order valence-corrected chi connectivity index (χ2v) is 5.77. The molecule has 2 unspecified atom stereocenters. The lowest BCUT2D eigenvalue weighted by Crippen LogP contribution is -2.47. The highest BCUT2D eigenvalue weighted by Gasteiger charge is 2.36. The number of nitrogens with one attached hydrogen (secondary N) is 1. The van der Waals surface area contributed by atoms with Crippen LogP contribution < -0.4 is 5.32 Å². The van der Waals surface area contributed by atoms with E-state index in [0.29, 0.717) is 17.1 Å². The third kappa shape index (κ3) is 2.75. The molecule has 0 aliphatic carbocycles. The molecule has 0 radical (unpaired) electrons. The Bertz CT molecular complexity index is 453. The van der Waals surface area contributed by atoms with Gasteiger partial charge in [0.25, 0.3) is 0 Å². The molecule has 0 saturated carbocycles. The Morgan fingerprint density at radius 3 is 2.83 bits per heavy atom. The van der Waals surface area contributed by atoms with Gasteiger partial charge in [-0.05, 0) is 32.4 Å². The third-order valence-corrected chi connectivity index (χ3v) is 4.18. The standard InChI is InChI=1S/C13H17Cl2NO2/c1-8-13(2,3-4-18-8)16-7-9-5-10(14)6-11(15)12(9)17/h5-6,8,16-17H,3-4,7H2,1-2H3. The highest BCUT2D eigenvalue weighted by atomic mass is 35.5. The van der Waals surface area contributed by atoms with Crippen LogP contribution in [0.5, 0.6) is 5.75 Å². The van der Waals surface area contributed by atoms with Crippen LogP contribution in [0, 0.1) is 0 Å². The van der Waals surface area contributed by atoms with Gasteiger partial charge >= 0.3 is 0 Å². The molecule has 1 aromatic rings. The maximum atomic E-state index is 9.88. The van der Waals surface area contributed by atoms with Crippen molar-refractivity contribution in [2.75, 3.05) is 6.61 Å². The van der Waals surface area contributed by atoms with Crippen LogP contribution in [0.25, 0.3) is 0 Å². The van der Waals surface area contributed by atoms with Crippen LogP contribution in [0.2, 0.25) is 10.0 Å². The number of halogens is 2. The molecule has 2 rings (SSSR count). The van der Waals surface area contributed by atoms with Crippen molar-refractivity contribution in [3.63, 3.8) is 0 Å². The van der Waals surface area contributed by atoms with Crippen LogP contribution in [-0.4, -0.2) is 23.4 Å². The van der Waals surface area contributed by atoms with Crippen molar-refractivity contribution in [2.45, 2.75) is 38.5 Å². The van der Waals surface area contributed by atoms with Crippen molar-refractivity contribution < 1.29 is 9.84 Å². The molecule has 18 heavy (non-hydrogen) atoms. The van der Waals surface area contributed by atoms with Crippen molar-refractivity contribution in [3.8, 4) is 5.75 Å². The Hall–Kier alpha value is -0.480. The van der Waals surface area contributed by atoms with E-state index in [2.05, 4.69) is 12.2 Å². The fraction of sp³-hybridized carbons (Fsp3) is 0.538. The Morgan fingerprint density at radius 1 is 1.50 bits per heavy atom. The second kappa shape index (κ2) is 5.25. The van der Waals surface area contributed by atoms with Crippen LogP contribution in [0.15, 0.2) is 12.1 Å². The molecule has 1 aliphatic rings. The summed E-state index contributed by atoms with van der Waals surface area (Å²) in [5, 5.41) is 14.1. The largest absolute Gasteiger partial charge is 0.506 e. The minimum atomic E-state index is -0.0821. The molecule has 0 bridgehead atoms. The summed E-state index contributed by atoms with van der Waals surface area (Å²) in [4.78, 5) is 0. The van der Waals surface area contributed by atoms with Crippen LogP contribution in [0.3, 0.4) is 0 Å². The first-order chi connectivity index (χ1) is 8.42. The lowest BCUT2D eigenvalue weighted by Gasteiger charge is -2.29. The monoisotopic (exact) mass is 289 g/mol. The summed E-state index contributed by atoms with van der Waals surface area (Å²) in [6.45, 7) is 5.43. The second-order valence-electron chi connectivity index (χ2n) is 4.93. The Balaban J connectivity index is 2.11. The van der Waals surface area contributed by atoms with Gasteiger partial charge in [0.2, 0.25) is 0 Å². The third-order valence-electron chi connectivity index (χ3n) is 3.68. The maximum absolute atomic E-state index is 9.88. The van der Waals surface area contributed by atoms with Crippen LogP contribution in [0.4, 0.5) is 0 Å². The first kappa shape index (κ1) is 13.9. The molecular weight excluding hydrogens is 273 g/mol. The molecule has 0 aromatic heterocycles. The molecule has 2 atom stereocenters. The van der Waals surface area contributed by atoms with Crippen LogP contribution in [0.1, 0.15) is 25.8 Å². The summed E-state index contributed by atoms with van der Waals surface area (Å²) < 4.78 is 5.56. The number of aromatic hydroxyl groups is 1. The summed E-state index contributed by atoms with van der Waals surface area (Å²) in [7, 11) is 0. The molecule has 1 fully saturated rings.